The summed E-state index contributed by atoms with van der Waals surface area (Å²) in [5, 5.41) is 29.2. The Morgan fingerprint density at radius 3 is 2.81 bits per heavy atom. The van der Waals surface area contributed by atoms with Gasteiger partial charge in [0.1, 0.15) is 11.1 Å². The quantitative estimate of drug-likeness (QED) is 0.284. The van der Waals surface area contributed by atoms with Gasteiger partial charge in [-0.15, -0.1) is 0 Å². The summed E-state index contributed by atoms with van der Waals surface area (Å²) in [5.41, 5.74) is 2.68. The number of oxazole rings is 1. The fourth-order valence-corrected chi connectivity index (χ4v) is 10.3. The van der Waals surface area contributed by atoms with E-state index in [2.05, 4.69) is 29.9 Å². The van der Waals surface area contributed by atoms with Gasteiger partial charge >= 0.3 is 0 Å². The SMILES string of the molecule is CC12Cc3cnn(-c4ccccn4)c3C=C1CCC1C2[C@@H](O)CC2(C)C1CC[C@]2(O)C(=O)CSc1nc2ccccc2o1. The van der Waals surface area contributed by atoms with Crippen molar-refractivity contribution in [1.29, 1.82) is 0 Å². The van der Waals surface area contributed by atoms with Crippen LogP contribution in [-0.2, 0) is 11.2 Å². The maximum atomic E-state index is 13.8. The standard InChI is InChI=1S/C34H36N4O4S/c1-32-16-20-18-36-38(29-9-5-6-14-35-29)25(20)15-21(32)10-11-22-23-12-13-34(41,33(23,2)17-26(39)30(22)32)28(40)19-43-31-37-24-7-3-4-8-27(24)42-31/h3-9,14-15,18,22-23,26,30,39,41H,10-13,16-17,19H2,1-2H3/t22?,23?,26-,30?,32?,33?,34-/m0/s1. The molecule has 9 heteroatoms. The Kier molecular flexibility index (Phi) is 6.10. The molecule has 4 aliphatic rings. The van der Waals surface area contributed by atoms with Crippen LogP contribution in [0.5, 0.6) is 0 Å². The zero-order chi connectivity index (χ0) is 29.6. The van der Waals surface area contributed by atoms with Crippen LogP contribution in [0.15, 0.2) is 70.1 Å². The third kappa shape index (κ3) is 3.90. The molecule has 3 saturated carbocycles. The summed E-state index contributed by atoms with van der Waals surface area (Å²) in [6.45, 7) is 4.36. The van der Waals surface area contributed by atoms with Crippen molar-refractivity contribution in [3.8, 4) is 5.82 Å². The molecule has 5 unspecified atom stereocenters. The van der Waals surface area contributed by atoms with Gasteiger partial charge in [0.15, 0.2) is 17.2 Å². The molecule has 0 radical (unpaired) electrons. The van der Waals surface area contributed by atoms with E-state index in [4.69, 9.17) is 9.52 Å². The third-order valence-corrected chi connectivity index (χ3v) is 12.3. The van der Waals surface area contributed by atoms with E-state index >= 15 is 0 Å². The number of aromatic nitrogens is 4. The van der Waals surface area contributed by atoms with E-state index in [9.17, 15) is 15.0 Å². The van der Waals surface area contributed by atoms with Gasteiger partial charge < -0.3 is 14.6 Å². The van der Waals surface area contributed by atoms with Crippen LogP contribution in [0.2, 0.25) is 0 Å². The molecule has 0 amide bonds. The Morgan fingerprint density at radius 1 is 1.16 bits per heavy atom. The highest BCUT2D eigenvalue weighted by Crippen LogP contribution is 2.67. The lowest BCUT2D eigenvalue weighted by atomic mass is 9.45. The van der Waals surface area contributed by atoms with Crippen molar-refractivity contribution in [2.75, 3.05) is 5.75 Å². The molecule has 3 fully saturated rings. The minimum absolute atomic E-state index is 0.0588. The number of ketones is 1. The first-order valence-corrected chi connectivity index (χ1v) is 16.3. The molecule has 3 aromatic heterocycles. The Hall–Kier alpha value is -3.27. The summed E-state index contributed by atoms with van der Waals surface area (Å²) >= 11 is 1.24. The second-order valence-corrected chi connectivity index (χ2v) is 14.4. The van der Waals surface area contributed by atoms with Gasteiger partial charge in [-0.3, -0.25) is 4.79 Å². The molecule has 2 N–H and O–H groups in total. The number of carbonyl (C=O) groups excluding carboxylic acids is 1. The van der Waals surface area contributed by atoms with Gasteiger partial charge in [0.2, 0.25) is 0 Å². The average molecular weight is 597 g/mol. The van der Waals surface area contributed by atoms with Crippen LogP contribution < -0.4 is 0 Å². The molecule has 4 aliphatic carbocycles. The van der Waals surface area contributed by atoms with Gasteiger partial charge in [-0.05, 0) is 97.6 Å². The first-order chi connectivity index (χ1) is 20.7. The lowest BCUT2D eigenvalue weighted by Gasteiger charge is -2.60. The molecule has 0 bridgehead atoms. The summed E-state index contributed by atoms with van der Waals surface area (Å²) in [5.74, 6) is 1.15. The molecule has 0 saturated heterocycles. The lowest BCUT2D eigenvalue weighted by Crippen LogP contribution is -2.62. The summed E-state index contributed by atoms with van der Waals surface area (Å²) in [6, 6.07) is 13.4. The molecule has 0 aliphatic heterocycles. The Bertz CT molecular complexity index is 1730. The number of nitrogens with zero attached hydrogens (tertiary/aromatic N) is 4. The first-order valence-electron chi connectivity index (χ1n) is 15.3. The molecule has 4 aromatic rings. The van der Waals surface area contributed by atoms with Crippen molar-refractivity contribution in [2.45, 2.75) is 69.3 Å². The molecule has 1 aromatic carbocycles. The number of aliphatic hydroxyl groups is 2. The van der Waals surface area contributed by atoms with Gasteiger partial charge in [-0.1, -0.05) is 49.4 Å². The summed E-state index contributed by atoms with van der Waals surface area (Å²) in [7, 11) is 0. The molecule has 3 heterocycles. The number of allylic oxidation sites excluding steroid dienone is 1. The first kappa shape index (κ1) is 27.3. The summed E-state index contributed by atoms with van der Waals surface area (Å²) in [6.07, 6.45) is 9.73. The van der Waals surface area contributed by atoms with Crippen LogP contribution in [0.3, 0.4) is 0 Å². The van der Waals surface area contributed by atoms with E-state index < -0.39 is 17.1 Å². The van der Waals surface area contributed by atoms with E-state index in [1.807, 2.05) is 53.3 Å². The predicted octanol–water partition coefficient (Wildman–Crippen LogP) is 5.65. The number of Topliss-reactive ketones (excluding diaryl/α,β-unsaturated/α-hetero) is 1. The molecule has 7 atom stereocenters. The van der Waals surface area contributed by atoms with Crippen molar-refractivity contribution < 1.29 is 19.4 Å². The van der Waals surface area contributed by atoms with Crippen molar-refractivity contribution in [3.05, 3.63) is 71.7 Å². The van der Waals surface area contributed by atoms with Crippen LogP contribution in [0.4, 0.5) is 0 Å². The lowest BCUT2D eigenvalue weighted by molar-refractivity contribution is -0.177. The van der Waals surface area contributed by atoms with Crippen LogP contribution in [0.25, 0.3) is 23.0 Å². The molecule has 0 spiro atoms. The monoisotopic (exact) mass is 596 g/mol. The number of carbonyl (C=O) groups is 1. The number of hydrogen-bond donors (Lipinski definition) is 2. The predicted molar refractivity (Wildman–Crippen MR) is 164 cm³/mol. The second kappa shape index (κ2) is 9.61. The minimum Gasteiger partial charge on any atom is -0.431 e. The number of benzene rings is 1. The zero-order valence-corrected chi connectivity index (χ0v) is 25.3. The molecular weight excluding hydrogens is 560 g/mol. The number of para-hydroxylation sites is 2. The zero-order valence-electron chi connectivity index (χ0n) is 24.4. The van der Waals surface area contributed by atoms with Crippen LogP contribution in [-0.4, -0.2) is 53.2 Å². The topological polar surface area (TPSA) is 114 Å². The van der Waals surface area contributed by atoms with Crippen LogP contribution >= 0.6 is 11.8 Å². The second-order valence-electron chi connectivity index (χ2n) is 13.5. The van der Waals surface area contributed by atoms with Crippen molar-refractivity contribution in [3.63, 3.8) is 0 Å². The van der Waals surface area contributed by atoms with Crippen LogP contribution in [0.1, 0.15) is 57.2 Å². The normalized spacial score (nSPS) is 34.7. The van der Waals surface area contributed by atoms with E-state index in [1.54, 1.807) is 6.20 Å². The smallest absolute Gasteiger partial charge is 0.257 e. The number of fused-ring (bicyclic) bond motifs is 7. The van der Waals surface area contributed by atoms with E-state index in [1.165, 1.54) is 22.9 Å². The molecule has 222 valence electrons. The van der Waals surface area contributed by atoms with E-state index in [-0.39, 0.29) is 34.7 Å². The highest BCUT2D eigenvalue weighted by atomic mass is 32.2. The molecule has 8 rings (SSSR count). The van der Waals surface area contributed by atoms with Crippen molar-refractivity contribution in [1.82, 2.24) is 19.7 Å². The molecule has 43 heavy (non-hydrogen) atoms. The molecule has 8 nitrogen and oxygen atoms in total. The number of pyridine rings is 1. The Morgan fingerprint density at radius 2 is 2.00 bits per heavy atom. The Labute approximate surface area is 254 Å². The number of aliphatic hydroxyl groups excluding tert-OH is 1. The average Bonchev–Trinajstić information content (AvgIpc) is 3.68. The Balaban J connectivity index is 1.05. The fraction of sp³-hybridized carbons (Fsp3) is 0.471. The summed E-state index contributed by atoms with van der Waals surface area (Å²) < 4.78 is 7.73. The molecular formula is C34H36N4O4S. The van der Waals surface area contributed by atoms with Crippen molar-refractivity contribution in [2.24, 2.45) is 28.6 Å². The van der Waals surface area contributed by atoms with Crippen molar-refractivity contribution >= 4 is 34.7 Å². The minimum atomic E-state index is -1.48. The van der Waals surface area contributed by atoms with Crippen LogP contribution in [0, 0.1) is 28.6 Å². The van der Waals surface area contributed by atoms with Gasteiger partial charge in [0.05, 0.1) is 23.7 Å². The van der Waals surface area contributed by atoms with Gasteiger partial charge in [-0.25, -0.2) is 14.6 Å². The fourth-order valence-electron chi connectivity index (χ4n) is 9.47. The van der Waals surface area contributed by atoms with Gasteiger partial charge in [0, 0.05) is 11.6 Å². The number of thioether (sulfide) groups is 1. The van der Waals surface area contributed by atoms with E-state index in [0.717, 1.165) is 42.7 Å². The largest absolute Gasteiger partial charge is 0.431 e. The van der Waals surface area contributed by atoms with Gasteiger partial charge in [-0.2, -0.15) is 5.10 Å². The third-order valence-electron chi connectivity index (χ3n) is 11.5. The highest BCUT2D eigenvalue weighted by Gasteiger charge is 2.68. The highest BCUT2D eigenvalue weighted by molar-refractivity contribution is 7.99. The van der Waals surface area contributed by atoms with E-state index in [0.29, 0.717) is 23.6 Å². The number of hydrogen-bond acceptors (Lipinski definition) is 8. The maximum Gasteiger partial charge on any atom is 0.257 e. The number of rotatable bonds is 5. The summed E-state index contributed by atoms with van der Waals surface area (Å²) in [4.78, 5) is 22.8. The van der Waals surface area contributed by atoms with Gasteiger partial charge in [0.25, 0.3) is 5.22 Å². The maximum absolute atomic E-state index is 13.8.